The summed E-state index contributed by atoms with van der Waals surface area (Å²) in [5.74, 6) is 1.27. The van der Waals surface area contributed by atoms with Gasteiger partial charge < -0.3 is 9.47 Å². The standard InChI is InChI=1S/C17H14O3S2/c1-19-12-7-14(20-2)17-13(18)6-11-5-10(9-21)3-4-15(11)22-16(17)8-12/h3-5,7-9H,6H2,1-2H3. The maximum atomic E-state index is 12.7. The van der Waals surface area contributed by atoms with Crippen molar-refractivity contribution in [2.75, 3.05) is 14.2 Å². The second kappa shape index (κ2) is 6.10. The molecule has 0 aliphatic carbocycles. The Morgan fingerprint density at radius 2 is 1.95 bits per heavy atom. The molecule has 3 nitrogen and oxygen atoms in total. The molecule has 0 radical (unpaired) electrons. The van der Waals surface area contributed by atoms with Crippen LogP contribution in [-0.4, -0.2) is 25.4 Å². The fourth-order valence-corrected chi connectivity index (χ4v) is 3.76. The number of benzene rings is 2. The summed E-state index contributed by atoms with van der Waals surface area (Å²) in [4.78, 5) is 14.6. The van der Waals surface area contributed by atoms with E-state index in [1.54, 1.807) is 37.4 Å². The van der Waals surface area contributed by atoms with Gasteiger partial charge in [-0.3, -0.25) is 4.79 Å². The van der Waals surface area contributed by atoms with Crippen LogP contribution in [0.4, 0.5) is 0 Å². The molecular formula is C17H14O3S2. The monoisotopic (exact) mass is 330 g/mol. The molecule has 0 amide bonds. The van der Waals surface area contributed by atoms with Crippen molar-refractivity contribution in [2.24, 2.45) is 0 Å². The molecule has 0 atom stereocenters. The lowest BCUT2D eigenvalue weighted by Gasteiger charge is -2.12. The molecular weight excluding hydrogens is 316 g/mol. The molecule has 0 spiro atoms. The Balaban J connectivity index is 2.17. The average molecular weight is 330 g/mol. The Kier molecular flexibility index (Phi) is 4.18. The lowest BCUT2D eigenvalue weighted by atomic mass is 10.0. The number of ketones is 1. The lowest BCUT2D eigenvalue weighted by molar-refractivity contribution is 0.0987. The first-order valence-electron chi connectivity index (χ1n) is 6.71. The van der Waals surface area contributed by atoms with Crippen molar-refractivity contribution in [3.8, 4) is 11.5 Å². The van der Waals surface area contributed by atoms with Crippen molar-refractivity contribution in [1.82, 2.24) is 0 Å². The number of fused-ring (bicyclic) bond motifs is 2. The number of Topliss-reactive ketones (excluding diaryl/α,β-unsaturated/α-hetero) is 1. The molecule has 5 heteroatoms. The minimum Gasteiger partial charge on any atom is -0.497 e. The van der Waals surface area contributed by atoms with Crippen LogP contribution >= 0.6 is 24.0 Å². The molecule has 0 unspecified atom stereocenters. The molecule has 0 saturated heterocycles. The lowest BCUT2D eigenvalue weighted by Crippen LogP contribution is -2.06. The van der Waals surface area contributed by atoms with Crippen molar-refractivity contribution >= 4 is 35.1 Å². The maximum Gasteiger partial charge on any atom is 0.172 e. The smallest absolute Gasteiger partial charge is 0.172 e. The van der Waals surface area contributed by atoms with Gasteiger partial charge in [0.05, 0.1) is 19.8 Å². The largest absolute Gasteiger partial charge is 0.497 e. The highest BCUT2D eigenvalue weighted by molar-refractivity contribution is 7.99. The van der Waals surface area contributed by atoms with Gasteiger partial charge >= 0.3 is 0 Å². The number of hydrogen-bond donors (Lipinski definition) is 0. The average Bonchev–Trinajstić information content (AvgIpc) is 2.68. The maximum absolute atomic E-state index is 12.7. The Hall–Kier alpha value is -1.85. The number of carbonyl (C=O) groups is 1. The highest BCUT2D eigenvalue weighted by atomic mass is 32.2. The number of carbonyl (C=O) groups excluding carboxylic acids is 1. The van der Waals surface area contributed by atoms with Gasteiger partial charge in [0.15, 0.2) is 5.78 Å². The van der Waals surface area contributed by atoms with Gasteiger partial charge in [0, 0.05) is 27.6 Å². The van der Waals surface area contributed by atoms with Crippen LogP contribution in [0.25, 0.3) is 0 Å². The van der Waals surface area contributed by atoms with Gasteiger partial charge in [-0.2, -0.15) is 0 Å². The van der Waals surface area contributed by atoms with Crippen LogP contribution in [0.15, 0.2) is 40.1 Å². The second-order valence-electron chi connectivity index (χ2n) is 4.89. The van der Waals surface area contributed by atoms with Crippen LogP contribution < -0.4 is 9.47 Å². The van der Waals surface area contributed by atoms with E-state index in [1.807, 2.05) is 24.3 Å². The van der Waals surface area contributed by atoms with E-state index < -0.39 is 0 Å². The van der Waals surface area contributed by atoms with Crippen LogP contribution in [-0.2, 0) is 6.42 Å². The number of thiocarbonyl (C=S) groups is 1. The van der Waals surface area contributed by atoms with E-state index in [2.05, 4.69) is 0 Å². The summed E-state index contributed by atoms with van der Waals surface area (Å²) >= 11 is 6.53. The highest BCUT2D eigenvalue weighted by Crippen LogP contribution is 2.42. The third-order valence-corrected chi connectivity index (χ3v) is 5.00. The normalized spacial score (nSPS) is 12.9. The number of rotatable bonds is 3. The first kappa shape index (κ1) is 15.1. The molecule has 2 aromatic carbocycles. The molecule has 22 heavy (non-hydrogen) atoms. The van der Waals surface area contributed by atoms with Gasteiger partial charge in [-0.1, -0.05) is 30.0 Å². The zero-order valence-corrected chi connectivity index (χ0v) is 13.8. The number of ether oxygens (including phenoxy) is 2. The van der Waals surface area contributed by atoms with E-state index in [9.17, 15) is 4.79 Å². The third kappa shape index (κ3) is 2.62. The molecule has 3 rings (SSSR count). The van der Waals surface area contributed by atoms with E-state index in [0.29, 0.717) is 23.5 Å². The van der Waals surface area contributed by atoms with Crippen molar-refractivity contribution < 1.29 is 14.3 Å². The molecule has 1 aliphatic heterocycles. The predicted molar refractivity (Wildman–Crippen MR) is 90.9 cm³/mol. The molecule has 0 bridgehead atoms. The highest BCUT2D eigenvalue weighted by Gasteiger charge is 2.25. The molecule has 1 heterocycles. The van der Waals surface area contributed by atoms with Crippen molar-refractivity contribution in [3.05, 3.63) is 47.0 Å². The molecule has 0 aromatic heterocycles. The minimum atomic E-state index is 0.0438. The summed E-state index contributed by atoms with van der Waals surface area (Å²) < 4.78 is 10.7. The van der Waals surface area contributed by atoms with Gasteiger partial charge in [0.25, 0.3) is 0 Å². The van der Waals surface area contributed by atoms with Crippen molar-refractivity contribution in [3.63, 3.8) is 0 Å². The molecule has 2 aromatic rings. The van der Waals surface area contributed by atoms with Crippen LogP contribution in [0.3, 0.4) is 0 Å². The van der Waals surface area contributed by atoms with Crippen LogP contribution in [0.2, 0.25) is 0 Å². The van der Waals surface area contributed by atoms with E-state index in [4.69, 9.17) is 21.7 Å². The Morgan fingerprint density at radius 3 is 2.64 bits per heavy atom. The summed E-state index contributed by atoms with van der Waals surface area (Å²) in [7, 11) is 3.17. The SMILES string of the molecule is COc1cc(OC)c2c(c1)Sc1ccc(C=S)cc1CC2=O. The fourth-order valence-electron chi connectivity index (χ4n) is 2.49. The van der Waals surface area contributed by atoms with Gasteiger partial charge in [0.1, 0.15) is 11.5 Å². The van der Waals surface area contributed by atoms with Crippen LogP contribution in [0.1, 0.15) is 21.5 Å². The van der Waals surface area contributed by atoms with Crippen molar-refractivity contribution in [2.45, 2.75) is 16.2 Å². The van der Waals surface area contributed by atoms with Crippen molar-refractivity contribution in [1.29, 1.82) is 0 Å². The van der Waals surface area contributed by atoms with Gasteiger partial charge in [0.2, 0.25) is 0 Å². The fraction of sp³-hybridized carbons (Fsp3) is 0.176. The molecule has 0 saturated carbocycles. The summed E-state index contributed by atoms with van der Waals surface area (Å²) in [6.45, 7) is 0. The van der Waals surface area contributed by atoms with Gasteiger partial charge in [-0.25, -0.2) is 0 Å². The molecule has 1 aliphatic rings. The molecule has 0 fully saturated rings. The first-order chi connectivity index (χ1) is 10.7. The van der Waals surface area contributed by atoms with E-state index in [1.165, 1.54) is 0 Å². The first-order valence-corrected chi connectivity index (χ1v) is 8.00. The number of hydrogen-bond acceptors (Lipinski definition) is 5. The van der Waals surface area contributed by atoms with Crippen LogP contribution in [0, 0.1) is 0 Å². The third-order valence-electron chi connectivity index (χ3n) is 3.57. The summed E-state index contributed by atoms with van der Waals surface area (Å²) in [5, 5.41) is 1.62. The zero-order valence-electron chi connectivity index (χ0n) is 12.2. The molecule has 112 valence electrons. The topological polar surface area (TPSA) is 35.5 Å². The Morgan fingerprint density at radius 1 is 1.14 bits per heavy atom. The van der Waals surface area contributed by atoms with E-state index >= 15 is 0 Å². The summed E-state index contributed by atoms with van der Waals surface area (Å²) in [6.07, 6.45) is 0.342. The predicted octanol–water partition coefficient (Wildman–Crippen LogP) is 3.94. The Labute approximate surface area is 138 Å². The summed E-state index contributed by atoms with van der Waals surface area (Å²) in [5.41, 5.74) is 2.55. The van der Waals surface area contributed by atoms with E-state index in [-0.39, 0.29) is 5.78 Å². The molecule has 0 N–H and O–H groups in total. The minimum absolute atomic E-state index is 0.0438. The van der Waals surface area contributed by atoms with Gasteiger partial charge in [-0.05, 0) is 29.3 Å². The van der Waals surface area contributed by atoms with E-state index in [0.717, 1.165) is 20.9 Å². The van der Waals surface area contributed by atoms with Gasteiger partial charge in [-0.15, -0.1) is 0 Å². The number of methoxy groups -OCH3 is 2. The quantitative estimate of drug-likeness (QED) is 0.797. The second-order valence-corrected chi connectivity index (χ2v) is 6.21. The van der Waals surface area contributed by atoms with Crippen LogP contribution in [0.5, 0.6) is 11.5 Å². The summed E-state index contributed by atoms with van der Waals surface area (Å²) in [6, 6.07) is 9.57. The zero-order chi connectivity index (χ0) is 15.7. The Bertz CT molecular complexity index is 769.